The average molecular weight is 558 g/mol. The van der Waals surface area contributed by atoms with E-state index in [0.29, 0.717) is 21.6 Å². The maximum absolute atomic E-state index is 13.8. The van der Waals surface area contributed by atoms with Crippen molar-refractivity contribution in [1.82, 2.24) is 4.90 Å². The lowest BCUT2D eigenvalue weighted by atomic mass is 9.88. The third kappa shape index (κ3) is 5.49. The number of aliphatic imine (C=N–C) groups is 1. The molecule has 1 amide bonds. The fourth-order valence-electron chi connectivity index (χ4n) is 5.20. The van der Waals surface area contributed by atoms with Crippen LogP contribution in [0.2, 0.25) is 5.02 Å². The molecule has 1 saturated heterocycles. The van der Waals surface area contributed by atoms with E-state index in [1.165, 1.54) is 17.3 Å². The summed E-state index contributed by atoms with van der Waals surface area (Å²) in [5.74, 6) is 0.680. The second kappa shape index (κ2) is 10.9. The molecule has 2 aliphatic rings. The molecule has 2 heterocycles. The van der Waals surface area contributed by atoms with Crippen LogP contribution in [0.5, 0.6) is 5.75 Å². The van der Waals surface area contributed by atoms with Gasteiger partial charge in [0.25, 0.3) is 5.91 Å². The Kier molecular flexibility index (Phi) is 7.61. The van der Waals surface area contributed by atoms with Crippen molar-refractivity contribution in [2.24, 2.45) is 4.99 Å². The predicted octanol–water partition coefficient (Wildman–Crippen LogP) is 8.17. The Morgan fingerprint density at radius 2 is 1.79 bits per heavy atom. The number of likely N-dealkylation sites (N-methyl/N-ethyl adjacent to an activating group) is 1. The third-order valence-corrected chi connectivity index (χ3v) is 8.40. The highest BCUT2D eigenvalue weighted by Gasteiger charge is 2.35. The summed E-state index contributed by atoms with van der Waals surface area (Å²) >= 11 is 8.22. The Labute approximate surface area is 239 Å². The molecule has 0 radical (unpaired) electrons. The zero-order valence-corrected chi connectivity index (χ0v) is 24.4. The van der Waals surface area contributed by atoms with E-state index in [-0.39, 0.29) is 11.4 Å². The number of allylic oxidation sites excluding steroid dienone is 1. The van der Waals surface area contributed by atoms with Crippen LogP contribution in [0.3, 0.4) is 0 Å². The van der Waals surface area contributed by atoms with Gasteiger partial charge in [-0.2, -0.15) is 0 Å². The average Bonchev–Trinajstić information content (AvgIpc) is 3.19. The molecule has 0 saturated carbocycles. The van der Waals surface area contributed by atoms with E-state index in [1.807, 2.05) is 66.7 Å². The van der Waals surface area contributed by atoms with E-state index in [4.69, 9.17) is 21.3 Å². The number of ether oxygens (including phenoxy) is 1. The highest BCUT2D eigenvalue weighted by molar-refractivity contribution is 8.18. The second-order valence-corrected chi connectivity index (χ2v) is 11.6. The van der Waals surface area contributed by atoms with Crippen molar-refractivity contribution in [3.63, 3.8) is 0 Å². The molecule has 7 heteroatoms. The van der Waals surface area contributed by atoms with E-state index >= 15 is 0 Å². The molecule has 0 aromatic heterocycles. The molecule has 1 fully saturated rings. The van der Waals surface area contributed by atoms with E-state index in [2.05, 4.69) is 44.7 Å². The number of nitrogens with zero attached hydrogens (tertiary/aromatic N) is 3. The number of hydrogen-bond donors (Lipinski definition) is 0. The molecule has 5 nitrogen and oxygen atoms in total. The lowest BCUT2D eigenvalue weighted by Gasteiger charge is -2.43. The smallest absolute Gasteiger partial charge is 0.267 e. The van der Waals surface area contributed by atoms with Gasteiger partial charge in [-0.1, -0.05) is 48.0 Å². The van der Waals surface area contributed by atoms with Gasteiger partial charge in [0.2, 0.25) is 0 Å². The number of halogens is 1. The van der Waals surface area contributed by atoms with Crippen LogP contribution in [0, 0.1) is 0 Å². The van der Waals surface area contributed by atoms with Crippen molar-refractivity contribution >= 4 is 57.5 Å². The molecular weight excluding hydrogens is 526 g/mol. The number of fused-ring (bicyclic) bond motifs is 1. The summed E-state index contributed by atoms with van der Waals surface area (Å²) in [6.07, 6.45) is 4.19. The molecule has 200 valence electrons. The number of amides is 1. The summed E-state index contributed by atoms with van der Waals surface area (Å²) < 4.78 is 5.29. The van der Waals surface area contributed by atoms with Gasteiger partial charge in [-0.15, -0.1) is 0 Å². The van der Waals surface area contributed by atoms with E-state index in [9.17, 15) is 4.79 Å². The SMILES string of the molecule is CCN1c2cc(Cl)c(/C=C3/SC(=Nc4ccccc4)N(Cc4ccc(OC)cc4)C3=O)cc2C(C)=CC1(C)C. The first-order chi connectivity index (χ1) is 18.7. The van der Waals surface area contributed by atoms with Crippen molar-refractivity contribution in [2.45, 2.75) is 39.8 Å². The first kappa shape index (κ1) is 27.1. The van der Waals surface area contributed by atoms with Crippen LogP contribution in [-0.4, -0.2) is 35.2 Å². The molecule has 0 bridgehead atoms. The topological polar surface area (TPSA) is 45.1 Å². The van der Waals surface area contributed by atoms with E-state index < -0.39 is 0 Å². The van der Waals surface area contributed by atoms with Gasteiger partial charge >= 0.3 is 0 Å². The second-order valence-electron chi connectivity index (χ2n) is 10.2. The number of para-hydroxylation sites is 1. The van der Waals surface area contributed by atoms with Crippen molar-refractivity contribution < 1.29 is 9.53 Å². The monoisotopic (exact) mass is 557 g/mol. The van der Waals surface area contributed by atoms with Gasteiger partial charge in [-0.3, -0.25) is 9.69 Å². The number of methoxy groups -OCH3 is 1. The van der Waals surface area contributed by atoms with Gasteiger partial charge in [-0.25, -0.2) is 4.99 Å². The van der Waals surface area contributed by atoms with Crippen LogP contribution in [0.1, 0.15) is 44.4 Å². The fraction of sp³-hybridized carbons (Fsp3) is 0.250. The number of amidine groups is 1. The molecule has 0 unspecified atom stereocenters. The van der Waals surface area contributed by atoms with Crippen LogP contribution >= 0.6 is 23.4 Å². The van der Waals surface area contributed by atoms with Crippen LogP contribution in [-0.2, 0) is 11.3 Å². The van der Waals surface area contributed by atoms with Gasteiger partial charge in [-0.05, 0) is 98.6 Å². The van der Waals surface area contributed by atoms with Gasteiger partial charge in [0.05, 0.1) is 29.8 Å². The summed E-state index contributed by atoms with van der Waals surface area (Å²) in [6.45, 7) is 9.99. The molecule has 0 spiro atoms. The Hall–Kier alpha value is -3.48. The quantitative estimate of drug-likeness (QED) is 0.287. The number of carbonyl (C=O) groups is 1. The summed E-state index contributed by atoms with van der Waals surface area (Å²) in [5.41, 5.74) is 5.96. The third-order valence-electron chi connectivity index (χ3n) is 7.07. The predicted molar refractivity (Wildman–Crippen MR) is 165 cm³/mol. The Morgan fingerprint density at radius 3 is 2.46 bits per heavy atom. The molecule has 3 aromatic rings. The van der Waals surface area contributed by atoms with Gasteiger partial charge in [0.1, 0.15) is 5.75 Å². The van der Waals surface area contributed by atoms with Crippen molar-refractivity contribution in [3.05, 3.63) is 99.4 Å². The minimum absolute atomic E-state index is 0.0946. The van der Waals surface area contributed by atoms with Crippen molar-refractivity contribution in [3.8, 4) is 5.75 Å². The van der Waals surface area contributed by atoms with E-state index in [0.717, 1.165) is 40.4 Å². The number of anilines is 1. The largest absolute Gasteiger partial charge is 0.497 e. The number of rotatable bonds is 6. The molecule has 39 heavy (non-hydrogen) atoms. The highest BCUT2D eigenvalue weighted by atomic mass is 35.5. The first-order valence-electron chi connectivity index (χ1n) is 13.0. The zero-order chi connectivity index (χ0) is 27.7. The Bertz CT molecular complexity index is 1490. The number of thioether (sulfide) groups is 1. The molecule has 5 rings (SSSR count). The molecule has 2 aliphatic heterocycles. The Morgan fingerprint density at radius 1 is 1.08 bits per heavy atom. The summed E-state index contributed by atoms with van der Waals surface area (Å²) in [5, 5.41) is 1.26. The lowest BCUT2D eigenvalue weighted by molar-refractivity contribution is -0.122. The van der Waals surface area contributed by atoms with Gasteiger partial charge < -0.3 is 9.64 Å². The summed E-state index contributed by atoms with van der Waals surface area (Å²) in [4.78, 5) is 23.2. The zero-order valence-electron chi connectivity index (χ0n) is 22.9. The van der Waals surface area contributed by atoms with Crippen LogP contribution < -0.4 is 9.64 Å². The molecule has 3 aromatic carbocycles. The Balaban J connectivity index is 1.53. The minimum Gasteiger partial charge on any atom is -0.497 e. The molecule has 0 aliphatic carbocycles. The maximum atomic E-state index is 13.8. The number of hydrogen-bond acceptors (Lipinski definition) is 5. The summed E-state index contributed by atoms with van der Waals surface area (Å²) in [6, 6.07) is 21.6. The minimum atomic E-state index is -0.100. The summed E-state index contributed by atoms with van der Waals surface area (Å²) in [7, 11) is 1.64. The van der Waals surface area contributed by atoms with Gasteiger partial charge in [0, 0.05) is 22.8 Å². The first-order valence-corrected chi connectivity index (χ1v) is 14.2. The van der Waals surface area contributed by atoms with Crippen LogP contribution in [0.15, 0.2) is 82.7 Å². The highest BCUT2D eigenvalue weighted by Crippen LogP contribution is 2.43. The van der Waals surface area contributed by atoms with Crippen LogP contribution in [0.4, 0.5) is 11.4 Å². The molecule has 0 atom stereocenters. The normalized spacial score (nSPS) is 18.5. The molecular formula is C32H32ClN3O2S. The molecule has 0 N–H and O–H groups in total. The maximum Gasteiger partial charge on any atom is 0.267 e. The lowest BCUT2D eigenvalue weighted by Crippen LogP contribution is -2.44. The van der Waals surface area contributed by atoms with Crippen molar-refractivity contribution in [1.29, 1.82) is 0 Å². The van der Waals surface area contributed by atoms with Crippen molar-refractivity contribution in [2.75, 3.05) is 18.6 Å². The van der Waals surface area contributed by atoms with Gasteiger partial charge in [0.15, 0.2) is 5.17 Å². The standard InChI is InChI=1S/C32H32ClN3O2S/c1-6-36-28-18-27(33)23(16-26(28)21(2)19-32(36,3)4)17-29-30(37)35(20-22-12-14-25(38-5)15-13-22)31(39-29)34-24-10-8-7-9-11-24/h7-19H,6,20H2,1-5H3/b29-17+,34-31?. The van der Waals surface area contributed by atoms with Crippen LogP contribution in [0.25, 0.3) is 11.6 Å². The number of benzene rings is 3. The van der Waals surface area contributed by atoms with E-state index in [1.54, 1.807) is 12.0 Å². The fourth-order valence-corrected chi connectivity index (χ4v) is 6.40. The number of carbonyl (C=O) groups excluding carboxylic acids is 1.